The van der Waals surface area contributed by atoms with E-state index in [0.717, 1.165) is 33.0 Å². The molecule has 0 radical (unpaired) electrons. The Bertz CT molecular complexity index is 559. The van der Waals surface area contributed by atoms with Crippen molar-refractivity contribution in [3.8, 4) is 0 Å². The van der Waals surface area contributed by atoms with Crippen molar-refractivity contribution in [3.05, 3.63) is 42.3 Å². The second-order valence-corrected chi connectivity index (χ2v) is 6.02. The van der Waals surface area contributed by atoms with Crippen molar-refractivity contribution in [2.45, 2.75) is 27.7 Å². The number of benzene rings is 2. The van der Waals surface area contributed by atoms with Crippen molar-refractivity contribution in [1.29, 1.82) is 0 Å². The van der Waals surface area contributed by atoms with E-state index in [2.05, 4.69) is 0 Å². The first-order chi connectivity index (χ1) is 8.29. The zero-order chi connectivity index (χ0) is 13.8. The van der Waals surface area contributed by atoms with Crippen LogP contribution in [-0.4, -0.2) is 0 Å². The van der Waals surface area contributed by atoms with Gasteiger partial charge in [0.05, 0.1) is 20.1 Å². The lowest BCUT2D eigenvalue weighted by Gasteiger charge is -2.17. The van der Waals surface area contributed by atoms with Crippen molar-refractivity contribution in [3.63, 3.8) is 0 Å². The molecular weight excluding hydrogens is 310 g/mol. The van der Waals surface area contributed by atoms with Crippen LogP contribution in [-0.2, 0) is 0 Å². The van der Waals surface area contributed by atoms with Gasteiger partial charge in [0.15, 0.2) is 0 Å². The molecule has 0 N–H and O–H groups in total. The highest BCUT2D eigenvalue weighted by Crippen LogP contribution is 2.45. The molecular formula is C14H12Cl4. The largest absolute Gasteiger partial charge is 0.0833 e. The molecule has 18 heavy (non-hydrogen) atoms. The summed E-state index contributed by atoms with van der Waals surface area (Å²) in [7, 11) is 0. The van der Waals surface area contributed by atoms with E-state index >= 15 is 0 Å². The van der Waals surface area contributed by atoms with E-state index in [1.54, 1.807) is 0 Å². The molecule has 96 valence electrons. The molecule has 0 bridgehead atoms. The minimum atomic E-state index is 0.627. The van der Waals surface area contributed by atoms with Crippen molar-refractivity contribution < 1.29 is 0 Å². The van der Waals surface area contributed by atoms with E-state index in [9.17, 15) is 0 Å². The standard InChI is InChI=1S/C14H12Cl4/c1-5-6(2)12(16)10-9(11(5)15)13(17)7(3)8(4)14(10)18/h1-4H3. The van der Waals surface area contributed by atoms with Crippen LogP contribution >= 0.6 is 46.4 Å². The molecule has 0 fully saturated rings. The van der Waals surface area contributed by atoms with Crippen LogP contribution in [0.2, 0.25) is 20.1 Å². The number of rotatable bonds is 0. The van der Waals surface area contributed by atoms with E-state index in [-0.39, 0.29) is 0 Å². The average molecular weight is 322 g/mol. The Kier molecular flexibility index (Phi) is 3.77. The Hall–Kier alpha value is -0.140. The summed E-state index contributed by atoms with van der Waals surface area (Å²) in [5, 5.41) is 4.01. The van der Waals surface area contributed by atoms with Gasteiger partial charge < -0.3 is 0 Å². The van der Waals surface area contributed by atoms with Gasteiger partial charge in [-0.25, -0.2) is 0 Å². The number of hydrogen-bond donors (Lipinski definition) is 0. The molecule has 2 aromatic rings. The summed E-state index contributed by atoms with van der Waals surface area (Å²) in [5.41, 5.74) is 3.76. The topological polar surface area (TPSA) is 0 Å². The maximum atomic E-state index is 6.40. The zero-order valence-corrected chi connectivity index (χ0v) is 13.5. The van der Waals surface area contributed by atoms with E-state index in [0.29, 0.717) is 20.1 Å². The van der Waals surface area contributed by atoms with Gasteiger partial charge in [-0.3, -0.25) is 0 Å². The zero-order valence-electron chi connectivity index (χ0n) is 10.5. The average Bonchev–Trinajstić information content (AvgIpc) is 2.35. The van der Waals surface area contributed by atoms with Gasteiger partial charge in [-0.1, -0.05) is 46.4 Å². The molecule has 0 saturated heterocycles. The lowest BCUT2D eigenvalue weighted by atomic mass is 9.97. The van der Waals surface area contributed by atoms with Crippen molar-refractivity contribution >= 4 is 57.2 Å². The molecule has 0 atom stereocenters. The molecule has 0 aliphatic rings. The van der Waals surface area contributed by atoms with Gasteiger partial charge in [0, 0.05) is 10.8 Å². The van der Waals surface area contributed by atoms with Gasteiger partial charge in [0.1, 0.15) is 0 Å². The smallest absolute Gasteiger partial charge is 0.0532 e. The fourth-order valence-electron chi connectivity index (χ4n) is 2.04. The van der Waals surface area contributed by atoms with Crippen LogP contribution in [0.25, 0.3) is 10.8 Å². The second kappa shape index (κ2) is 4.76. The molecule has 0 aromatic heterocycles. The van der Waals surface area contributed by atoms with E-state index in [1.807, 2.05) is 27.7 Å². The molecule has 0 heterocycles. The summed E-state index contributed by atoms with van der Waals surface area (Å²) >= 11 is 25.6. The predicted molar refractivity (Wildman–Crippen MR) is 82.9 cm³/mol. The van der Waals surface area contributed by atoms with Crippen LogP contribution < -0.4 is 0 Å². The third-order valence-corrected chi connectivity index (χ3v) is 5.46. The Labute approximate surface area is 127 Å². The predicted octanol–water partition coefficient (Wildman–Crippen LogP) is 6.69. The van der Waals surface area contributed by atoms with Gasteiger partial charge in [0.2, 0.25) is 0 Å². The maximum absolute atomic E-state index is 6.40. The third kappa shape index (κ3) is 1.82. The summed E-state index contributed by atoms with van der Waals surface area (Å²) in [5.74, 6) is 0. The molecule has 0 amide bonds. The fourth-order valence-corrected chi connectivity index (χ4v) is 3.46. The Morgan fingerprint density at radius 1 is 0.444 bits per heavy atom. The number of hydrogen-bond acceptors (Lipinski definition) is 0. The highest BCUT2D eigenvalue weighted by molar-refractivity contribution is 6.50. The van der Waals surface area contributed by atoms with Gasteiger partial charge >= 0.3 is 0 Å². The summed E-state index contributed by atoms with van der Waals surface area (Å²) < 4.78 is 0. The highest BCUT2D eigenvalue weighted by Gasteiger charge is 2.20. The Balaban J connectivity index is 3.22. The van der Waals surface area contributed by atoms with Crippen molar-refractivity contribution in [2.24, 2.45) is 0 Å². The Morgan fingerprint density at radius 2 is 0.611 bits per heavy atom. The lowest BCUT2D eigenvalue weighted by molar-refractivity contribution is 1.33. The molecule has 0 unspecified atom stereocenters. The van der Waals surface area contributed by atoms with Gasteiger partial charge in [0.25, 0.3) is 0 Å². The van der Waals surface area contributed by atoms with Crippen molar-refractivity contribution in [2.75, 3.05) is 0 Å². The molecule has 0 aliphatic heterocycles. The molecule has 0 aliphatic carbocycles. The minimum Gasteiger partial charge on any atom is -0.0833 e. The molecule has 2 aromatic carbocycles. The normalized spacial score (nSPS) is 11.3. The van der Waals surface area contributed by atoms with Gasteiger partial charge in [-0.15, -0.1) is 0 Å². The first-order valence-electron chi connectivity index (χ1n) is 5.51. The summed E-state index contributed by atoms with van der Waals surface area (Å²) in [4.78, 5) is 0. The second-order valence-electron chi connectivity index (χ2n) is 4.51. The third-order valence-electron chi connectivity index (χ3n) is 3.57. The molecule has 4 heteroatoms. The highest BCUT2D eigenvalue weighted by atomic mass is 35.5. The summed E-state index contributed by atoms with van der Waals surface area (Å²) in [6.45, 7) is 7.73. The van der Waals surface area contributed by atoms with Gasteiger partial charge in [-0.05, 0) is 49.9 Å². The van der Waals surface area contributed by atoms with Crippen LogP contribution in [0.1, 0.15) is 22.3 Å². The molecule has 2 rings (SSSR count). The van der Waals surface area contributed by atoms with Crippen LogP contribution in [0.5, 0.6) is 0 Å². The minimum absolute atomic E-state index is 0.627. The van der Waals surface area contributed by atoms with Crippen molar-refractivity contribution in [1.82, 2.24) is 0 Å². The monoisotopic (exact) mass is 320 g/mol. The maximum Gasteiger partial charge on any atom is 0.0532 e. The first-order valence-corrected chi connectivity index (χ1v) is 7.02. The SMILES string of the molecule is Cc1c(C)c(Cl)c2c(Cl)c(C)c(C)c(Cl)c2c1Cl. The van der Waals surface area contributed by atoms with Crippen LogP contribution in [0, 0.1) is 27.7 Å². The van der Waals surface area contributed by atoms with E-state index < -0.39 is 0 Å². The van der Waals surface area contributed by atoms with E-state index in [1.165, 1.54) is 0 Å². The number of fused-ring (bicyclic) bond motifs is 1. The van der Waals surface area contributed by atoms with Crippen LogP contribution in [0.4, 0.5) is 0 Å². The summed E-state index contributed by atoms with van der Waals surface area (Å²) in [6, 6.07) is 0. The van der Waals surface area contributed by atoms with E-state index in [4.69, 9.17) is 46.4 Å². The molecule has 0 spiro atoms. The number of halogens is 4. The van der Waals surface area contributed by atoms with Crippen LogP contribution in [0.15, 0.2) is 0 Å². The summed E-state index contributed by atoms with van der Waals surface area (Å²) in [6.07, 6.45) is 0. The lowest BCUT2D eigenvalue weighted by Crippen LogP contribution is -1.94. The Morgan fingerprint density at radius 3 is 0.778 bits per heavy atom. The van der Waals surface area contributed by atoms with Gasteiger partial charge in [-0.2, -0.15) is 0 Å². The quantitative estimate of drug-likeness (QED) is 0.507. The molecule has 0 saturated carbocycles. The fraction of sp³-hybridized carbons (Fsp3) is 0.286. The first kappa shape index (κ1) is 14.3. The van der Waals surface area contributed by atoms with Crippen LogP contribution in [0.3, 0.4) is 0 Å². The molecule has 0 nitrogen and oxygen atoms in total.